The first-order chi connectivity index (χ1) is 28.1. The van der Waals surface area contributed by atoms with Crippen molar-refractivity contribution in [3.63, 3.8) is 0 Å². The van der Waals surface area contributed by atoms with E-state index in [2.05, 4.69) is 60.9 Å². The third kappa shape index (κ3) is 39.9. The van der Waals surface area contributed by atoms with Gasteiger partial charge in [0, 0.05) is 12.8 Å². The van der Waals surface area contributed by atoms with Crippen LogP contribution in [0.4, 0.5) is 0 Å². The Labute approximate surface area is 350 Å². The monoisotopic (exact) mass is 837 g/mol. The van der Waals surface area contributed by atoms with Crippen molar-refractivity contribution in [3.8, 4) is 0 Å². The van der Waals surface area contributed by atoms with E-state index in [1.54, 1.807) is 6.08 Å². The molecule has 12 heteroatoms. The number of phosphoric ester groups is 1. The Morgan fingerprint density at radius 3 is 1.72 bits per heavy atom. The number of ether oxygens (including phenoxy) is 2. The Kier molecular flexibility index (Phi) is 38.8. The Hall–Kier alpha value is -2.89. The van der Waals surface area contributed by atoms with Gasteiger partial charge in [-0.3, -0.25) is 18.6 Å². The van der Waals surface area contributed by atoms with Crippen molar-refractivity contribution in [3.05, 3.63) is 85.1 Å². The highest BCUT2D eigenvalue weighted by molar-refractivity contribution is 7.47. The highest BCUT2D eigenvalue weighted by atomic mass is 31.2. The lowest BCUT2D eigenvalue weighted by molar-refractivity contribution is -0.161. The van der Waals surface area contributed by atoms with Gasteiger partial charge >= 0.3 is 19.8 Å². The number of esters is 2. The van der Waals surface area contributed by atoms with Crippen LogP contribution >= 0.6 is 7.82 Å². The number of carbonyl (C=O) groups is 2. The molecule has 0 fully saturated rings. The normalized spacial score (nSPS) is 15.2. The Balaban J connectivity index is 4.51. The van der Waals surface area contributed by atoms with E-state index in [9.17, 15) is 29.3 Å². The minimum atomic E-state index is -4.66. The maximum Gasteiger partial charge on any atom is 0.472 e. The Morgan fingerprint density at radius 2 is 1.10 bits per heavy atom. The summed E-state index contributed by atoms with van der Waals surface area (Å²) < 4.78 is 32.6. The molecule has 4 atom stereocenters. The number of aliphatic hydroxyl groups is 3. The summed E-state index contributed by atoms with van der Waals surface area (Å²) in [6.45, 7) is 2.12. The van der Waals surface area contributed by atoms with Gasteiger partial charge in [0.05, 0.1) is 25.9 Å². The fourth-order valence-corrected chi connectivity index (χ4v) is 5.98. The molecule has 0 aromatic rings. The van der Waals surface area contributed by atoms with Crippen molar-refractivity contribution in [2.45, 2.75) is 167 Å². The second-order valence-electron chi connectivity index (χ2n) is 14.2. The van der Waals surface area contributed by atoms with Crippen molar-refractivity contribution < 1.29 is 52.9 Å². The Morgan fingerprint density at radius 1 is 0.586 bits per heavy atom. The Bertz CT molecular complexity index is 1250. The van der Waals surface area contributed by atoms with Crippen LogP contribution in [-0.4, -0.2) is 76.9 Å². The second-order valence-corrected chi connectivity index (χ2v) is 15.7. The van der Waals surface area contributed by atoms with Crippen molar-refractivity contribution in [1.29, 1.82) is 0 Å². The molecule has 332 valence electrons. The van der Waals surface area contributed by atoms with E-state index in [-0.39, 0.29) is 19.4 Å². The SMILES string of the molecule is CCCCC/C=C\C=C/[C@@H](O)C/C=C\C/C=C/CCCC(=O)OC[C@H](COP(=O)(O)OC[C@@H](O)CO)OC(=O)CCCCCC/C=C\C/C=C\C/C=C\CCCCC. The smallest absolute Gasteiger partial charge is 0.462 e. The highest BCUT2D eigenvalue weighted by Crippen LogP contribution is 2.43. The largest absolute Gasteiger partial charge is 0.472 e. The number of hydrogen-bond donors (Lipinski definition) is 4. The summed E-state index contributed by atoms with van der Waals surface area (Å²) in [4.78, 5) is 35.0. The topological polar surface area (TPSA) is 169 Å². The number of phosphoric acid groups is 1. The fourth-order valence-electron chi connectivity index (χ4n) is 5.19. The molecule has 0 aromatic carbocycles. The van der Waals surface area contributed by atoms with E-state index in [4.69, 9.17) is 19.1 Å². The summed E-state index contributed by atoms with van der Waals surface area (Å²) in [6.07, 6.45) is 44.3. The summed E-state index contributed by atoms with van der Waals surface area (Å²) >= 11 is 0. The number of carbonyl (C=O) groups excluding carboxylic acids is 2. The molecule has 0 aromatic heterocycles. The quantitative estimate of drug-likeness (QED) is 0.0153. The van der Waals surface area contributed by atoms with E-state index in [1.165, 1.54) is 38.5 Å². The average molecular weight is 837 g/mol. The van der Waals surface area contributed by atoms with E-state index in [1.807, 2.05) is 36.5 Å². The molecule has 0 amide bonds. The van der Waals surface area contributed by atoms with Crippen LogP contribution in [0, 0.1) is 0 Å². The van der Waals surface area contributed by atoms with E-state index >= 15 is 0 Å². The van der Waals surface area contributed by atoms with Crippen molar-refractivity contribution >= 4 is 19.8 Å². The lowest BCUT2D eigenvalue weighted by Gasteiger charge is -2.20. The fraction of sp³-hybridized carbons (Fsp3) is 0.652. The molecule has 0 spiro atoms. The van der Waals surface area contributed by atoms with Crippen LogP contribution < -0.4 is 0 Å². The van der Waals surface area contributed by atoms with Crippen molar-refractivity contribution in [2.24, 2.45) is 0 Å². The second kappa shape index (κ2) is 40.9. The predicted molar refractivity (Wildman–Crippen MR) is 234 cm³/mol. The van der Waals surface area contributed by atoms with Gasteiger partial charge < -0.3 is 29.7 Å². The summed E-state index contributed by atoms with van der Waals surface area (Å²) in [6, 6.07) is 0. The van der Waals surface area contributed by atoms with E-state index in [0.717, 1.165) is 51.4 Å². The van der Waals surface area contributed by atoms with Crippen molar-refractivity contribution in [1.82, 2.24) is 0 Å². The molecule has 0 heterocycles. The molecule has 11 nitrogen and oxygen atoms in total. The van der Waals surface area contributed by atoms with E-state index < -0.39 is 57.9 Å². The predicted octanol–water partition coefficient (Wildman–Crippen LogP) is 10.4. The van der Waals surface area contributed by atoms with Crippen LogP contribution in [0.3, 0.4) is 0 Å². The van der Waals surface area contributed by atoms with Gasteiger partial charge in [-0.25, -0.2) is 4.57 Å². The minimum absolute atomic E-state index is 0.122. The third-order valence-corrected chi connectivity index (χ3v) is 9.55. The molecule has 0 saturated carbocycles. The van der Waals surface area contributed by atoms with Crippen molar-refractivity contribution in [2.75, 3.05) is 26.4 Å². The number of hydrogen-bond acceptors (Lipinski definition) is 10. The molecule has 0 saturated heterocycles. The van der Waals surface area contributed by atoms with E-state index in [0.29, 0.717) is 32.1 Å². The molecule has 0 bridgehead atoms. The third-order valence-electron chi connectivity index (χ3n) is 8.60. The maximum absolute atomic E-state index is 12.6. The molecule has 0 radical (unpaired) electrons. The van der Waals surface area contributed by atoms with Gasteiger partial charge in [-0.1, -0.05) is 137 Å². The maximum atomic E-state index is 12.6. The number of allylic oxidation sites excluding steroid dienone is 12. The zero-order valence-corrected chi connectivity index (χ0v) is 36.5. The summed E-state index contributed by atoms with van der Waals surface area (Å²) in [7, 11) is -4.66. The average Bonchev–Trinajstić information content (AvgIpc) is 3.21. The molecule has 58 heavy (non-hydrogen) atoms. The molecule has 0 rings (SSSR count). The molecular formula is C46H77O11P. The van der Waals surface area contributed by atoms with Gasteiger partial charge in [-0.15, -0.1) is 0 Å². The molecular weight excluding hydrogens is 759 g/mol. The molecule has 0 aliphatic rings. The standard InChI is InChI=1S/C46H77O11P/c1-3-5-7-9-11-12-13-14-15-16-17-18-19-20-24-29-33-37-46(51)57-44(41-56-58(52,53)55-39-43(49)38-47)40-54-45(50)36-32-28-25-21-23-27-31-35-42(48)34-30-26-22-10-8-6-4-2/h11-12,14-15,17-18,21-22,25-27,30-31,34,42-44,47-49H,3-10,13,16,19-20,23-24,28-29,32-33,35-41H2,1-2H3,(H,52,53)/b12-11-,15-14-,18-17-,25-21+,26-22-,31-27-,34-30-/t42-,43+,44-/m1/s1. The van der Waals surface area contributed by atoms with Gasteiger partial charge in [0.2, 0.25) is 0 Å². The first-order valence-corrected chi connectivity index (χ1v) is 23.1. The van der Waals surface area contributed by atoms with Gasteiger partial charge in [0.15, 0.2) is 6.10 Å². The van der Waals surface area contributed by atoms with Gasteiger partial charge in [0.25, 0.3) is 0 Å². The zero-order chi connectivity index (χ0) is 42.8. The first-order valence-electron chi connectivity index (χ1n) is 21.7. The lowest BCUT2D eigenvalue weighted by atomic mass is 10.1. The molecule has 0 aliphatic carbocycles. The zero-order valence-electron chi connectivity index (χ0n) is 35.6. The summed E-state index contributed by atoms with van der Waals surface area (Å²) in [5, 5.41) is 28.4. The first kappa shape index (κ1) is 55.1. The molecule has 4 N–H and O–H groups in total. The lowest BCUT2D eigenvalue weighted by Crippen LogP contribution is -2.29. The summed E-state index contributed by atoms with van der Waals surface area (Å²) in [5.74, 6) is -1.07. The highest BCUT2D eigenvalue weighted by Gasteiger charge is 2.27. The summed E-state index contributed by atoms with van der Waals surface area (Å²) in [5.41, 5.74) is 0. The van der Waals surface area contributed by atoms with Crippen LogP contribution in [0.15, 0.2) is 85.1 Å². The molecule has 0 aliphatic heterocycles. The minimum Gasteiger partial charge on any atom is -0.462 e. The molecule has 1 unspecified atom stereocenters. The van der Waals surface area contributed by atoms with Gasteiger partial charge in [-0.2, -0.15) is 0 Å². The van der Waals surface area contributed by atoms with Crippen LogP contribution in [0.25, 0.3) is 0 Å². The van der Waals surface area contributed by atoms with Crippen LogP contribution in [0.5, 0.6) is 0 Å². The number of aliphatic hydroxyl groups excluding tert-OH is 3. The van der Waals surface area contributed by atoms with Gasteiger partial charge in [0.1, 0.15) is 12.7 Å². The van der Waals surface area contributed by atoms with Crippen LogP contribution in [0.2, 0.25) is 0 Å². The number of unbranched alkanes of at least 4 members (excludes halogenated alkanes) is 11. The number of rotatable bonds is 39. The van der Waals surface area contributed by atoms with Crippen LogP contribution in [0.1, 0.15) is 149 Å². The van der Waals surface area contributed by atoms with Crippen LogP contribution in [-0.2, 0) is 32.7 Å². The van der Waals surface area contributed by atoms with Gasteiger partial charge in [-0.05, 0) is 83.5 Å².